The third-order valence-corrected chi connectivity index (χ3v) is 6.40. The van der Waals surface area contributed by atoms with Crippen molar-refractivity contribution in [1.82, 2.24) is 0 Å². The van der Waals surface area contributed by atoms with Crippen LogP contribution in [0.1, 0.15) is 16.8 Å². The van der Waals surface area contributed by atoms with E-state index in [-0.39, 0.29) is 23.2 Å². The topological polar surface area (TPSA) is 87.3 Å². The van der Waals surface area contributed by atoms with Gasteiger partial charge in [0.25, 0.3) is 5.91 Å². The molecule has 212 valence electrons. The lowest BCUT2D eigenvalue weighted by molar-refractivity contribution is -0.343. The molecule has 0 bridgehead atoms. The maximum atomic E-state index is 14.8. The van der Waals surface area contributed by atoms with Gasteiger partial charge in [-0.05, 0) is 36.8 Å². The first kappa shape index (κ1) is 30.6. The van der Waals surface area contributed by atoms with E-state index in [9.17, 15) is 53.9 Å². The lowest BCUT2D eigenvalue weighted by atomic mass is 10.1. The Morgan fingerprint density at radius 2 is 1.49 bits per heavy atom. The van der Waals surface area contributed by atoms with E-state index in [1.165, 1.54) is 6.07 Å². The summed E-state index contributed by atoms with van der Waals surface area (Å²) in [6, 6.07) is 4.24. The summed E-state index contributed by atoms with van der Waals surface area (Å²) in [5, 5.41) is 4.64. The molecule has 39 heavy (non-hydrogen) atoms. The third kappa shape index (κ3) is 5.99. The second kappa shape index (κ2) is 10.2. The zero-order chi connectivity index (χ0) is 29.7. The molecule has 2 aromatic carbocycles. The Labute approximate surface area is 226 Å². The molecule has 0 heterocycles. The maximum absolute atomic E-state index is 14.8. The van der Waals surface area contributed by atoms with Crippen molar-refractivity contribution in [2.24, 2.45) is 5.92 Å². The molecule has 3 N–H and O–H groups in total. The highest BCUT2D eigenvalue weighted by atomic mass is 35.5. The monoisotopic (exact) mass is 629 g/mol. The van der Waals surface area contributed by atoms with Crippen molar-refractivity contribution in [1.29, 1.82) is 0 Å². The minimum absolute atomic E-state index is 0.00550. The van der Waals surface area contributed by atoms with Crippen LogP contribution in [0.4, 0.5) is 56.6 Å². The fraction of sp³-hybridized carbons (Fsp3) is 0.286. The standard InChI is InChI=1S/C21H11Cl3F9N3O3/c22-10-2-1-7(34-16(38)9-6-18(9,23)24)5-8(10)15(37)35-12-4-3-11(25)14(13(12)26)36-17(39)19(27,28)20(29,30)21(31,32)33/h1-5,9H,6H2,(H,34,38)(H,35,37)(H,36,39). The maximum Gasteiger partial charge on any atom is 0.460 e. The van der Waals surface area contributed by atoms with E-state index in [2.05, 4.69) is 5.32 Å². The van der Waals surface area contributed by atoms with Gasteiger partial charge in [0, 0.05) is 5.69 Å². The molecule has 0 saturated heterocycles. The quantitative estimate of drug-likeness (QED) is 0.233. The number of anilines is 3. The number of hydrogen-bond donors (Lipinski definition) is 3. The SMILES string of the molecule is O=C(Nc1ccc(F)c(NC(=O)C(F)(F)C(F)(F)C(F)(F)F)c1F)c1cc(NC(=O)C2CC2(Cl)Cl)ccc1Cl. The van der Waals surface area contributed by atoms with Crippen LogP contribution in [-0.2, 0) is 9.59 Å². The highest BCUT2D eigenvalue weighted by Crippen LogP contribution is 2.53. The Morgan fingerprint density at radius 1 is 0.897 bits per heavy atom. The van der Waals surface area contributed by atoms with Gasteiger partial charge < -0.3 is 16.0 Å². The molecular weight excluding hydrogens is 620 g/mol. The Kier molecular flexibility index (Phi) is 8.05. The van der Waals surface area contributed by atoms with Gasteiger partial charge in [-0.3, -0.25) is 14.4 Å². The predicted octanol–water partition coefficient (Wildman–Crippen LogP) is 6.77. The average Bonchev–Trinajstić information content (AvgIpc) is 3.46. The number of amides is 3. The molecule has 0 aliphatic heterocycles. The first-order valence-corrected chi connectivity index (χ1v) is 11.3. The molecule has 2 aromatic rings. The summed E-state index contributed by atoms with van der Waals surface area (Å²) in [4.78, 5) is 36.3. The molecule has 0 radical (unpaired) electrons. The smallest absolute Gasteiger partial charge is 0.326 e. The van der Waals surface area contributed by atoms with E-state index < -0.39 is 74.6 Å². The fourth-order valence-electron chi connectivity index (χ4n) is 2.97. The van der Waals surface area contributed by atoms with Gasteiger partial charge in [-0.2, -0.15) is 30.7 Å². The number of halogens is 12. The van der Waals surface area contributed by atoms with E-state index in [0.29, 0.717) is 11.4 Å². The van der Waals surface area contributed by atoms with E-state index in [4.69, 9.17) is 34.8 Å². The van der Waals surface area contributed by atoms with Crippen LogP contribution in [0.5, 0.6) is 0 Å². The summed E-state index contributed by atoms with van der Waals surface area (Å²) < 4.78 is 118. The first-order chi connectivity index (χ1) is 17.7. The van der Waals surface area contributed by atoms with Crippen molar-refractivity contribution in [2.45, 2.75) is 28.8 Å². The molecule has 18 heteroatoms. The molecule has 1 saturated carbocycles. The number of carbonyl (C=O) groups excluding carboxylic acids is 3. The molecule has 0 spiro atoms. The summed E-state index contributed by atoms with van der Waals surface area (Å²) in [6.45, 7) is 0. The van der Waals surface area contributed by atoms with Crippen LogP contribution in [0.15, 0.2) is 30.3 Å². The van der Waals surface area contributed by atoms with E-state index in [0.717, 1.165) is 12.1 Å². The highest BCUT2D eigenvalue weighted by molar-refractivity contribution is 6.52. The zero-order valence-electron chi connectivity index (χ0n) is 18.4. The lowest BCUT2D eigenvalue weighted by Crippen LogP contribution is -2.57. The zero-order valence-corrected chi connectivity index (χ0v) is 20.7. The van der Waals surface area contributed by atoms with Gasteiger partial charge in [-0.15, -0.1) is 23.2 Å². The molecule has 3 rings (SSSR count). The first-order valence-electron chi connectivity index (χ1n) is 10.1. The second-order valence-electron chi connectivity index (χ2n) is 8.04. The largest absolute Gasteiger partial charge is 0.460 e. The average molecular weight is 631 g/mol. The van der Waals surface area contributed by atoms with Crippen LogP contribution >= 0.6 is 34.8 Å². The van der Waals surface area contributed by atoms with E-state index in [1.54, 1.807) is 0 Å². The molecule has 1 unspecified atom stereocenters. The van der Waals surface area contributed by atoms with E-state index in [1.807, 2.05) is 5.32 Å². The Morgan fingerprint density at radius 3 is 2.03 bits per heavy atom. The van der Waals surface area contributed by atoms with Gasteiger partial charge in [-0.1, -0.05) is 11.6 Å². The third-order valence-electron chi connectivity index (χ3n) is 5.23. The van der Waals surface area contributed by atoms with Crippen LogP contribution in [0.2, 0.25) is 5.02 Å². The van der Waals surface area contributed by atoms with Gasteiger partial charge in [0.15, 0.2) is 5.82 Å². The number of carbonyl (C=O) groups is 3. The summed E-state index contributed by atoms with van der Waals surface area (Å²) in [5.41, 5.74) is -3.30. The van der Waals surface area contributed by atoms with Crippen molar-refractivity contribution >= 4 is 69.6 Å². The van der Waals surface area contributed by atoms with Crippen molar-refractivity contribution in [2.75, 3.05) is 16.0 Å². The van der Waals surface area contributed by atoms with Gasteiger partial charge in [0.05, 0.1) is 22.2 Å². The second-order valence-corrected chi connectivity index (χ2v) is 9.99. The predicted molar refractivity (Wildman–Crippen MR) is 122 cm³/mol. The Bertz CT molecular complexity index is 1350. The van der Waals surface area contributed by atoms with Crippen molar-refractivity contribution in [3.63, 3.8) is 0 Å². The van der Waals surface area contributed by atoms with Crippen LogP contribution in [0, 0.1) is 17.6 Å². The number of hydrogen-bond acceptors (Lipinski definition) is 3. The number of nitrogens with one attached hydrogen (secondary N) is 3. The van der Waals surface area contributed by atoms with Gasteiger partial charge in [0.2, 0.25) is 5.91 Å². The Balaban J connectivity index is 1.83. The van der Waals surface area contributed by atoms with Crippen LogP contribution in [0.25, 0.3) is 0 Å². The number of rotatable bonds is 7. The molecule has 1 fully saturated rings. The molecule has 1 atom stereocenters. The molecule has 1 aliphatic rings. The van der Waals surface area contributed by atoms with Gasteiger partial charge >= 0.3 is 23.9 Å². The summed E-state index contributed by atoms with van der Waals surface area (Å²) >= 11 is 17.5. The van der Waals surface area contributed by atoms with Crippen LogP contribution in [-0.4, -0.2) is 40.1 Å². The normalized spacial score (nSPS) is 16.9. The van der Waals surface area contributed by atoms with Crippen molar-refractivity contribution in [3.8, 4) is 0 Å². The van der Waals surface area contributed by atoms with Gasteiger partial charge in [-0.25, -0.2) is 8.78 Å². The van der Waals surface area contributed by atoms with Crippen molar-refractivity contribution < 1.29 is 53.9 Å². The van der Waals surface area contributed by atoms with E-state index >= 15 is 0 Å². The molecular formula is C21H11Cl3F9N3O3. The van der Waals surface area contributed by atoms with Gasteiger partial charge in [0.1, 0.15) is 15.8 Å². The fourth-order valence-corrected chi connectivity index (χ4v) is 3.68. The number of alkyl halides is 9. The Hall–Kier alpha value is -2.91. The molecule has 1 aliphatic carbocycles. The van der Waals surface area contributed by atoms with Crippen molar-refractivity contribution in [3.05, 3.63) is 52.6 Å². The summed E-state index contributed by atoms with van der Waals surface area (Å²) in [7, 11) is 0. The minimum atomic E-state index is -6.89. The lowest BCUT2D eigenvalue weighted by Gasteiger charge is -2.27. The van der Waals surface area contributed by atoms with Crippen LogP contribution in [0.3, 0.4) is 0 Å². The highest BCUT2D eigenvalue weighted by Gasteiger charge is 2.76. The number of benzene rings is 2. The van der Waals surface area contributed by atoms with Crippen LogP contribution < -0.4 is 16.0 Å². The molecule has 0 aromatic heterocycles. The molecule has 3 amide bonds. The summed E-state index contributed by atoms with van der Waals surface area (Å²) in [5.74, 6) is -23.2. The minimum Gasteiger partial charge on any atom is -0.326 e. The summed E-state index contributed by atoms with van der Waals surface area (Å²) in [6.07, 6.45) is -6.73. The molecule has 6 nitrogen and oxygen atoms in total.